The molecule has 0 bridgehead atoms. The van der Waals surface area contributed by atoms with Crippen LogP contribution in [0, 0.1) is 11.7 Å². The molecule has 1 aromatic carbocycles. The van der Waals surface area contributed by atoms with E-state index in [0.29, 0.717) is 34.7 Å². The molecule has 0 N–H and O–H groups in total. The maximum atomic E-state index is 5.82. The maximum Gasteiger partial charge on any atom is 0.231 e. The Bertz CT molecular complexity index is 1180. The molecule has 1 saturated heterocycles. The van der Waals surface area contributed by atoms with Gasteiger partial charge in [-0.25, -0.2) is 4.68 Å². The molecule has 0 amide bonds. The van der Waals surface area contributed by atoms with Crippen LogP contribution in [0.4, 0.5) is 0 Å². The maximum absolute atomic E-state index is 5.82. The van der Waals surface area contributed by atoms with Gasteiger partial charge >= 0.3 is 0 Å². The molecule has 0 saturated carbocycles. The van der Waals surface area contributed by atoms with E-state index in [1.807, 2.05) is 58.6 Å². The van der Waals surface area contributed by atoms with Gasteiger partial charge in [0.25, 0.3) is 0 Å². The number of furan rings is 1. The summed E-state index contributed by atoms with van der Waals surface area (Å²) in [5.41, 5.74) is 0.956. The molecule has 4 heterocycles. The summed E-state index contributed by atoms with van der Waals surface area (Å²) in [5, 5.41) is 8.75. The van der Waals surface area contributed by atoms with Crippen molar-refractivity contribution in [2.75, 3.05) is 13.1 Å². The van der Waals surface area contributed by atoms with Crippen LogP contribution in [0.3, 0.4) is 0 Å². The molecule has 1 aliphatic heterocycles. The molecule has 1 atom stereocenters. The zero-order valence-corrected chi connectivity index (χ0v) is 17.5. The van der Waals surface area contributed by atoms with Crippen LogP contribution >= 0.6 is 12.2 Å². The standard InChI is InChI=1S/C21H22N6O2S/c1-15-22-20(29-24-15)16-7-5-11-25(13-16)14-26-21(30)27(17-8-3-2-4-9-17)19(23-26)18-10-6-12-28-18/h2-4,6,8-10,12,16H,5,7,11,13-14H2,1H3. The zero-order valence-electron chi connectivity index (χ0n) is 16.6. The fraction of sp³-hybridized carbons (Fsp3) is 0.333. The SMILES string of the molecule is Cc1noc(C2CCCN(Cn3nc(-c4ccco4)n(-c4ccccc4)c3=S)C2)n1. The number of hydrogen-bond donors (Lipinski definition) is 0. The van der Waals surface area contributed by atoms with Crippen molar-refractivity contribution >= 4 is 12.2 Å². The Balaban J connectivity index is 1.46. The number of nitrogens with zero attached hydrogens (tertiary/aromatic N) is 6. The first-order chi connectivity index (χ1) is 14.7. The third-order valence-corrected chi connectivity index (χ3v) is 5.72. The molecular formula is C21H22N6O2S. The molecule has 154 valence electrons. The topological polar surface area (TPSA) is 78.0 Å². The molecule has 0 aliphatic carbocycles. The van der Waals surface area contributed by atoms with Crippen LogP contribution in [0.15, 0.2) is 57.7 Å². The van der Waals surface area contributed by atoms with Gasteiger partial charge in [-0.15, -0.1) is 5.10 Å². The highest BCUT2D eigenvalue weighted by Gasteiger charge is 2.27. The lowest BCUT2D eigenvalue weighted by molar-refractivity contribution is 0.143. The van der Waals surface area contributed by atoms with Gasteiger partial charge in [0.05, 0.1) is 24.5 Å². The first kappa shape index (κ1) is 19.0. The Morgan fingerprint density at radius 2 is 2.03 bits per heavy atom. The summed E-state index contributed by atoms with van der Waals surface area (Å²) in [6, 6.07) is 13.7. The van der Waals surface area contributed by atoms with E-state index in [0.717, 1.165) is 31.6 Å². The van der Waals surface area contributed by atoms with Crippen LogP contribution < -0.4 is 0 Å². The predicted molar refractivity (Wildman–Crippen MR) is 113 cm³/mol. The number of para-hydroxylation sites is 1. The van der Waals surface area contributed by atoms with Gasteiger partial charge in [0, 0.05) is 6.54 Å². The number of rotatable bonds is 5. The van der Waals surface area contributed by atoms with Crippen molar-refractivity contribution in [1.82, 2.24) is 29.4 Å². The highest BCUT2D eigenvalue weighted by Crippen LogP contribution is 2.27. The molecule has 5 rings (SSSR count). The lowest BCUT2D eigenvalue weighted by Crippen LogP contribution is -2.36. The average Bonchev–Trinajstić information content (AvgIpc) is 3.50. The zero-order chi connectivity index (χ0) is 20.5. The first-order valence-corrected chi connectivity index (χ1v) is 10.4. The quantitative estimate of drug-likeness (QED) is 0.446. The van der Waals surface area contributed by atoms with Gasteiger partial charge in [-0.2, -0.15) is 4.98 Å². The summed E-state index contributed by atoms with van der Waals surface area (Å²) < 4.78 is 15.5. The molecule has 9 heteroatoms. The van der Waals surface area contributed by atoms with E-state index in [1.54, 1.807) is 6.26 Å². The minimum atomic E-state index is 0.231. The van der Waals surface area contributed by atoms with E-state index in [2.05, 4.69) is 15.0 Å². The second kappa shape index (κ2) is 8.00. The van der Waals surface area contributed by atoms with Crippen LogP contribution in [0.2, 0.25) is 0 Å². The van der Waals surface area contributed by atoms with E-state index in [9.17, 15) is 0 Å². The van der Waals surface area contributed by atoms with Crippen molar-refractivity contribution in [1.29, 1.82) is 0 Å². The lowest BCUT2D eigenvalue weighted by Gasteiger charge is -2.30. The van der Waals surface area contributed by atoms with Crippen LogP contribution in [0.1, 0.15) is 30.5 Å². The van der Waals surface area contributed by atoms with Crippen LogP contribution in [-0.2, 0) is 6.67 Å². The third kappa shape index (κ3) is 3.61. The smallest absolute Gasteiger partial charge is 0.231 e. The normalized spacial score (nSPS) is 17.4. The van der Waals surface area contributed by atoms with Gasteiger partial charge in [-0.05, 0) is 62.8 Å². The van der Waals surface area contributed by atoms with Crippen molar-refractivity contribution in [3.05, 3.63) is 65.2 Å². The highest BCUT2D eigenvalue weighted by molar-refractivity contribution is 7.71. The molecule has 1 aliphatic rings. The number of likely N-dealkylation sites (tertiary alicyclic amines) is 1. The number of aryl methyl sites for hydroxylation is 1. The Labute approximate surface area is 178 Å². The largest absolute Gasteiger partial charge is 0.461 e. The minimum absolute atomic E-state index is 0.231. The Kier molecular flexibility index (Phi) is 5.06. The highest BCUT2D eigenvalue weighted by atomic mass is 32.1. The van der Waals surface area contributed by atoms with Gasteiger partial charge in [-0.1, -0.05) is 23.4 Å². The summed E-state index contributed by atoms with van der Waals surface area (Å²) in [4.78, 5) is 6.75. The van der Waals surface area contributed by atoms with Gasteiger partial charge in [-0.3, -0.25) is 9.47 Å². The first-order valence-electron chi connectivity index (χ1n) is 10.0. The summed E-state index contributed by atoms with van der Waals surface area (Å²) in [5.74, 6) is 3.00. The van der Waals surface area contributed by atoms with Crippen LogP contribution in [0.5, 0.6) is 0 Å². The van der Waals surface area contributed by atoms with Crippen molar-refractivity contribution < 1.29 is 8.94 Å². The lowest BCUT2D eigenvalue weighted by atomic mass is 9.98. The molecular weight excluding hydrogens is 400 g/mol. The van der Waals surface area contributed by atoms with Crippen molar-refractivity contribution in [2.24, 2.45) is 0 Å². The van der Waals surface area contributed by atoms with E-state index in [4.69, 9.17) is 26.3 Å². The predicted octanol–water partition coefficient (Wildman–Crippen LogP) is 4.19. The molecule has 1 fully saturated rings. The van der Waals surface area contributed by atoms with E-state index in [1.165, 1.54) is 0 Å². The van der Waals surface area contributed by atoms with E-state index < -0.39 is 0 Å². The second-order valence-electron chi connectivity index (χ2n) is 7.49. The second-order valence-corrected chi connectivity index (χ2v) is 7.86. The van der Waals surface area contributed by atoms with Crippen LogP contribution in [-0.4, -0.2) is 42.5 Å². The summed E-state index contributed by atoms with van der Waals surface area (Å²) in [7, 11) is 0. The Hall–Kier alpha value is -3.04. The minimum Gasteiger partial charge on any atom is -0.461 e. The van der Waals surface area contributed by atoms with Gasteiger partial charge in [0.2, 0.25) is 16.5 Å². The average molecular weight is 423 g/mol. The molecule has 30 heavy (non-hydrogen) atoms. The summed E-state index contributed by atoms with van der Waals surface area (Å²) >= 11 is 5.82. The molecule has 3 aromatic heterocycles. The molecule has 0 spiro atoms. The number of aromatic nitrogens is 5. The van der Waals surface area contributed by atoms with Gasteiger partial charge in [0.15, 0.2) is 11.6 Å². The fourth-order valence-corrected chi connectivity index (χ4v) is 4.22. The van der Waals surface area contributed by atoms with Crippen LogP contribution in [0.25, 0.3) is 17.3 Å². The fourth-order valence-electron chi connectivity index (χ4n) is 3.93. The molecule has 4 aromatic rings. The number of hydrogen-bond acceptors (Lipinski definition) is 7. The summed E-state index contributed by atoms with van der Waals surface area (Å²) in [6.45, 7) is 4.24. The van der Waals surface area contributed by atoms with E-state index in [-0.39, 0.29) is 5.92 Å². The van der Waals surface area contributed by atoms with Crippen molar-refractivity contribution in [3.63, 3.8) is 0 Å². The van der Waals surface area contributed by atoms with Crippen molar-refractivity contribution in [2.45, 2.75) is 32.4 Å². The van der Waals surface area contributed by atoms with E-state index >= 15 is 0 Å². The number of benzene rings is 1. The summed E-state index contributed by atoms with van der Waals surface area (Å²) in [6.07, 6.45) is 3.75. The van der Waals surface area contributed by atoms with Gasteiger partial charge in [0.1, 0.15) is 0 Å². The number of piperidine rings is 1. The van der Waals surface area contributed by atoms with Crippen molar-refractivity contribution in [3.8, 4) is 17.3 Å². The van der Waals surface area contributed by atoms with Gasteiger partial charge < -0.3 is 8.94 Å². The molecule has 0 radical (unpaired) electrons. The molecule has 1 unspecified atom stereocenters. The third-order valence-electron chi connectivity index (χ3n) is 5.33. The monoisotopic (exact) mass is 422 g/mol. The molecule has 8 nitrogen and oxygen atoms in total. The Morgan fingerprint density at radius 1 is 1.17 bits per heavy atom. The Morgan fingerprint density at radius 3 is 2.77 bits per heavy atom.